The van der Waals surface area contributed by atoms with Crippen LogP contribution in [0, 0.1) is 10.1 Å². The van der Waals surface area contributed by atoms with Crippen LogP contribution in [-0.4, -0.2) is 34.3 Å². The van der Waals surface area contributed by atoms with Crippen LogP contribution < -0.4 is 5.32 Å². The predicted octanol–water partition coefficient (Wildman–Crippen LogP) is 2.53. The number of aliphatic carboxylic acids is 1. The number of nitro groups is 1. The molecular formula is C13H18N2O4S. The van der Waals surface area contributed by atoms with Crippen LogP contribution in [0.4, 0.5) is 5.69 Å². The highest BCUT2D eigenvalue weighted by atomic mass is 32.2. The van der Waals surface area contributed by atoms with Crippen molar-refractivity contribution in [1.82, 2.24) is 5.32 Å². The van der Waals surface area contributed by atoms with E-state index in [1.54, 1.807) is 12.1 Å². The number of benzene rings is 1. The lowest BCUT2D eigenvalue weighted by Crippen LogP contribution is -2.37. The predicted molar refractivity (Wildman–Crippen MR) is 78.2 cm³/mol. The summed E-state index contributed by atoms with van der Waals surface area (Å²) in [5.74, 6) is -0.200. The molecule has 0 saturated heterocycles. The number of carboxylic acid groups (broad SMARTS) is 1. The Morgan fingerprint density at radius 2 is 2.10 bits per heavy atom. The highest BCUT2D eigenvalue weighted by molar-refractivity contribution is 7.99. The lowest BCUT2D eigenvalue weighted by atomic mass is 10.2. The van der Waals surface area contributed by atoms with Gasteiger partial charge in [-0.3, -0.25) is 14.9 Å². The van der Waals surface area contributed by atoms with E-state index in [0.29, 0.717) is 18.7 Å². The van der Waals surface area contributed by atoms with E-state index in [4.69, 9.17) is 5.11 Å². The lowest BCUT2D eigenvalue weighted by Gasteiger charge is -2.13. The summed E-state index contributed by atoms with van der Waals surface area (Å²) in [5.41, 5.74) is 0.0578. The van der Waals surface area contributed by atoms with E-state index < -0.39 is 16.9 Å². The highest BCUT2D eigenvalue weighted by Gasteiger charge is 2.15. The van der Waals surface area contributed by atoms with Gasteiger partial charge in [-0.2, -0.15) is 0 Å². The molecule has 2 N–H and O–H groups in total. The van der Waals surface area contributed by atoms with Crippen LogP contribution in [0.5, 0.6) is 0 Å². The van der Waals surface area contributed by atoms with Gasteiger partial charge in [0, 0.05) is 22.8 Å². The van der Waals surface area contributed by atoms with E-state index >= 15 is 0 Å². The van der Waals surface area contributed by atoms with Crippen molar-refractivity contribution in [3.05, 3.63) is 34.4 Å². The third-order valence-electron chi connectivity index (χ3n) is 2.66. The van der Waals surface area contributed by atoms with Crippen LogP contribution >= 0.6 is 11.8 Å². The molecule has 0 aliphatic carbocycles. The van der Waals surface area contributed by atoms with Gasteiger partial charge < -0.3 is 10.4 Å². The standard InChI is InChI=1S/C13H18N2O4S/c1-2-8-14-12(13(16)17)7-9-20-11-5-3-10(4-6-11)15(18)19/h3-6,12,14H,2,7-9H2,1H3,(H,16,17). The van der Waals surface area contributed by atoms with Crippen LogP contribution in [0.1, 0.15) is 19.8 Å². The number of carboxylic acids is 1. The van der Waals surface area contributed by atoms with E-state index in [1.165, 1.54) is 23.9 Å². The minimum absolute atomic E-state index is 0.0578. The van der Waals surface area contributed by atoms with Gasteiger partial charge >= 0.3 is 5.97 Å². The zero-order valence-corrected chi connectivity index (χ0v) is 12.1. The average molecular weight is 298 g/mol. The van der Waals surface area contributed by atoms with Gasteiger partial charge in [0.05, 0.1) is 4.92 Å². The van der Waals surface area contributed by atoms with Gasteiger partial charge in [-0.15, -0.1) is 11.8 Å². The Morgan fingerprint density at radius 1 is 1.45 bits per heavy atom. The van der Waals surface area contributed by atoms with E-state index in [2.05, 4.69) is 5.32 Å². The second-order valence-electron chi connectivity index (χ2n) is 4.23. The molecule has 0 bridgehead atoms. The van der Waals surface area contributed by atoms with E-state index in [0.717, 1.165) is 11.3 Å². The molecule has 1 aromatic carbocycles. The van der Waals surface area contributed by atoms with Crippen molar-refractivity contribution in [2.75, 3.05) is 12.3 Å². The SMILES string of the molecule is CCCNC(CCSc1ccc([N+](=O)[O-])cc1)C(=O)O. The number of nitrogens with zero attached hydrogens (tertiary/aromatic N) is 1. The molecule has 1 atom stereocenters. The molecule has 1 unspecified atom stereocenters. The number of rotatable bonds is 9. The lowest BCUT2D eigenvalue weighted by molar-refractivity contribution is -0.384. The minimum Gasteiger partial charge on any atom is -0.480 e. The molecule has 110 valence electrons. The average Bonchev–Trinajstić information content (AvgIpc) is 2.42. The molecule has 0 aliphatic rings. The van der Waals surface area contributed by atoms with Crippen LogP contribution in [0.2, 0.25) is 0 Å². The first kappa shape index (κ1) is 16.5. The Kier molecular flexibility index (Phi) is 7.03. The monoisotopic (exact) mass is 298 g/mol. The minimum atomic E-state index is -0.845. The molecule has 0 aliphatic heterocycles. The zero-order valence-electron chi connectivity index (χ0n) is 11.2. The molecule has 0 heterocycles. The van der Waals surface area contributed by atoms with Crippen molar-refractivity contribution in [3.63, 3.8) is 0 Å². The van der Waals surface area contributed by atoms with Crippen LogP contribution in [0.25, 0.3) is 0 Å². The Hall–Kier alpha value is -1.60. The van der Waals surface area contributed by atoms with Gasteiger partial charge in [0.1, 0.15) is 6.04 Å². The number of nitrogens with one attached hydrogen (secondary N) is 1. The number of non-ortho nitro benzene ring substituents is 1. The first-order chi connectivity index (χ1) is 9.54. The number of thioether (sulfide) groups is 1. The van der Waals surface area contributed by atoms with Gasteiger partial charge in [-0.25, -0.2) is 0 Å². The molecule has 1 aromatic rings. The topological polar surface area (TPSA) is 92.5 Å². The fraction of sp³-hybridized carbons (Fsp3) is 0.462. The third-order valence-corrected chi connectivity index (χ3v) is 3.71. The van der Waals surface area contributed by atoms with E-state index in [9.17, 15) is 14.9 Å². The molecule has 7 heteroatoms. The number of hydrogen-bond acceptors (Lipinski definition) is 5. The summed E-state index contributed by atoms with van der Waals surface area (Å²) >= 11 is 1.49. The summed E-state index contributed by atoms with van der Waals surface area (Å²) in [4.78, 5) is 22.0. The fourth-order valence-corrected chi connectivity index (χ4v) is 2.51. The van der Waals surface area contributed by atoms with Crippen molar-refractivity contribution in [1.29, 1.82) is 0 Å². The van der Waals surface area contributed by atoms with Crippen LogP contribution in [0.15, 0.2) is 29.2 Å². The largest absolute Gasteiger partial charge is 0.480 e. The van der Waals surface area contributed by atoms with Gasteiger partial charge in [-0.05, 0) is 31.5 Å². The second-order valence-corrected chi connectivity index (χ2v) is 5.40. The van der Waals surface area contributed by atoms with Gasteiger partial charge in [-0.1, -0.05) is 6.92 Å². The molecule has 0 fully saturated rings. The van der Waals surface area contributed by atoms with Crippen molar-refractivity contribution in [3.8, 4) is 0 Å². The molecule has 20 heavy (non-hydrogen) atoms. The van der Waals surface area contributed by atoms with E-state index in [1.807, 2.05) is 6.92 Å². The molecule has 0 radical (unpaired) electrons. The van der Waals surface area contributed by atoms with Crippen molar-refractivity contribution < 1.29 is 14.8 Å². The van der Waals surface area contributed by atoms with Gasteiger partial charge in [0.25, 0.3) is 5.69 Å². The van der Waals surface area contributed by atoms with Gasteiger partial charge in [0.2, 0.25) is 0 Å². The summed E-state index contributed by atoms with van der Waals surface area (Å²) in [6, 6.07) is 5.72. The maximum Gasteiger partial charge on any atom is 0.320 e. The Balaban J connectivity index is 2.42. The van der Waals surface area contributed by atoms with Crippen molar-refractivity contribution >= 4 is 23.4 Å². The second kappa shape index (κ2) is 8.55. The number of carbonyl (C=O) groups is 1. The summed E-state index contributed by atoms with van der Waals surface area (Å²) < 4.78 is 0. The Morgan fingerprint density at radius 3 is 2.60 bits per heavy atom. The number of hydrogen-bond donors (Lipinski definition) is 2. The smallest absolute Gasteiger partial charge is 0.320 e. The fourth-order valence-electron chi connectivity index (χ4n) is 1.59. The molecule has 0 amide bonds. The summed E-state index contributed by atoms with van der Waals surface area (Å²) in [6.07, 6.45) is 1.40. The first-order valence-corrected chi connectivity index (χ1v) is 7.36. The zero-order chi connectivity index (χ0) is 15.0. The quantitative estimate of drug-likeness (QED) is 0.413. The van der Waals surface area contributed by atoms with Gasteiger partial charge in [0.15, 0.2) is 0 Å². The van der Waals surface area contributed by atoms with Crippen molar-refractivity contribution in [2.24, 2.45) is 0 Å². The molecule has 0 aromatic heterocycles. The Labute approximate surface area is 121 Å². The normalized spacial score (nSPS) is 12.1. The Bertz CT molecular complexity index is 450. The summed E-state index contributed by atoms with van der Waals surface area (Å²) in [5, 5.41) is 22.5. The molecule has 6 nitrogen and oxygen atoms in total. The van der Waals surface area contributed by atoms with Crippen molar-refractivity contribution in [2.45, 2.75) is 30.7 Å². The summed E-state index contributed by atoms with van der Waals surface area (Å²) in [7, 11) is 0. The van der Waals surface area contributed by atoms with Crippen LogP contribution in [0.3, 0.4) is 0 Å². The van der Waals surface area contributed by atoms with Crippen LogP contribution in [-0.2, 0) is 4.79 Å². The molecule has 0 saturated carbocycles. The molecule has 0 spiro atoms. The first-order valence-electron chi connectivity index (χ1n) is 6.38. The third kappa shape index (κ3) is 5.58. The number of nitro benzene ring substituents is 1. The van der Waals surface area contributed by atoms with E-state index in [-0.39, 0.29) is 5.69 Å². The summed E-state index contributed by atoms with van der Waals surface area (Å²) in [6.45, 7) is 2.66. The highest BCUT2D eigenvalue weighted by Crippen LogP contribution is 2.22. The maximum atomic E-state index is 11.0. The maximum absolute atomic E-state index is 11.0. The molecular weight excluding hydrogens is 280 g/mol. The molecule has 1 rings (SSSR count).